The minimum Gasteiger partial charge on any atom is -0.508 e. The van der Waals surface area contributed by atoms with Crippen molar-refractivity contribution in [1.29, 1.82) is 0 Å². The van der Waals surface area contributed by atoms with E-state index in [1.807, 2.05) is 6.07 Å². The van der Waals surface area contributed by atoms with Gasteiger partial charge in [0.15, 0.2) is 0 Å². The van der Waals surface area contributed by atoms with Crippen molar-refractivity contribution in [2.24, 2.45) is 11.3 Å². The molecule has 0 aliphatic heterocycles. The van der Waals surface area contributed by atoms with E-state index >= 15 is 0 Å². The van der Waals surface area contributed by atoms with E-state index in [4.69, 9.17) is 0 Å². The third-order valence-electron chi connectivity index (χ3n) is 6.35. The molecule has 0 saturated heterocycles. The van der Waals surface area contributed by atoms with Gasteiger partial charge in [0.2, 0.25) is 0 Å². The van der Waals surface area contributed by atoms with E-state index in [0.717, 1.165) is 18.4 Å². The summed E-state index contributed by atoms with van der Waals surface area (Å²) in [6.07, 6.45) is 3.91. The fourth-order valence-electron chi connectivity index (χ4n) is 5.49. The summed E-state index contributed by atoms with van der Waals surface area (Å²) in [5, 5.41) is 21.4. The number of phenolic OH excluding ortho intramolecular Hbond substituents is 1. The second-order valence-electron chi connectivity index (χ2n) is 8.73. The van der Waals surface area contributed by atoms with Gasteiger partial charge in [-0.25, -0.2) is 0 Å². The van der Waals surface area contributed by atoms with E-state index in [9.17, 15) is 10.2 Å². The van der Waals surface area contributed by atoms with Crippen LogP contribution in [0.1, 0.15) is 76.5 Å². The van der Waals surface area contributed by atoms with Crippen LogP contribution in [0.5, 0.6) is 5.75 Å². The lowest BCUT2D eigenvalue weighted by Crippen LogP contribution is -2.54. The summed E-state index contributed by atoms with van der Waals surface area (Å²) < 4.78 is 0. The van der Waals surface area contributed by atoms with Gasteiger partial charge in [-0.1, -0.05) is 47.1 Å². The highest BCUT2D eigenvalue weighted by Gasteiger charge is 2.53. The lowest BCUT2D eigenvalue weighted by Gasteiger charge is -2.56. The lowest BCUT2D eigenvalue weighted by atomic mass is 9.49. The molecule has 1 aromatic rings. The van der Waals surface area contributed by atoms with Crippen molar-refractivity contribution in [3.63, 3.8) is 0 Å². The predicted octanol–water partition coefficient (Wildman–Crippen LogP) is 4.52. The number of hydrogen-bond acceptors (Lipinski definition) is 2. The quantitative estimate of drug-likeness (QED) is 0.801. The molecule has 0 spiro atoms. The molecule has 0 aromatic heterocycles. The first-order valence-electron chi connectivity index (χ1n) is 8.71. The topological polar surface area (TPSA) is 40.5 Å². The van der Waals surface area contributed by atoms with Gasteiger partial charge >= 0.3 is 0 Å². The van der Waals surface area contributed by atoms with Crippen molar-refractivity contribution >= 4 is 0 Å². The van der Waals surface area contributed by atoms with Crippen LogP contribution in [0.15, 0.2) is 12.1 Å². The molecule has 2 N–H and O–H groups in total. The number of aliphatic hydroxyl groups excluding tert-OH is 1. The van der Waals surface area contributed by atoms with Crippen LogP contribution in [0.4, 0.5) is 0 Å². The molecule has 2 nitrogen and oxygen atoms in total. The summed E-state index contributed by atoms with van der Waals surface area (Å²) in [4.78, 5) is 0. The standard InChI is InChI=1S/C20H30O2/c1-12(2)14-9-13-10-17(22)18-19(3,4)7-6-8-20(18,5)15(13)11-16(14)21/h9,11-12,17-18,21-22H,6-8,10H2,1-5H3/t17-,18+,20+/m1/s1. The zero-order valence-corrected chi connectivity index (χ0v) is 14.6. The molecular formula is C20H30O2. The Morgan fingerprint density at radius 1 is 1.14 bits per heavy atom. The summed E-state index contributed by atoms with van der Waals surface area (Å²) in [5.74, 6) is 0.995. The highest BCUT2D eigenvalue weighted by molar-refractivity contribution is 5.49. The van der Waals surface area contributed by atoms with Crippen molar-refractivity contribution in [2.75, 3.05) is 0 Å². The Morgan fingerprint density at radius 2 is 1.82 bits per heavy atom. The maximum Gasteiger partial charge on any atom is 0.119 e. The van der Waals surface area contributed by atoms with Crippen LogP contribution in [0.2, 0.25) is 0 Å². The SMILES string of the molecule is CC(C)c1cc2c(cc1O)[C@]1(C)CCCC(C)(C)[C@@H]1[C@H](O)C2. The minimum absolute atomic E-state index is 0.0261. The summed E-state index contributed by atoms with van der Waals surface area (Å²) in [7, 11) is 0. The molecule has 3 atom stereocenters. The first-order valence-corrected chi connectivity index (χ1v) is 8.71. The number of aromatic hydroxyl groups is 1. The summed E-state index contributed by atoms with van der Waals surface area (Å²) >= 11 is 0. The highest BCUT2D eigenvalue weighted by atomic mass is 16.3. The number of benzene rings is 1. The van der Waals surface area contributed by atoms with Crippen LogP contribution in [-0.2, 0) is 11.8 Å². The van der Waals surface area contributed by atoms with Gasteiger partial charge in [-0.2, -0.15) is 0 Å². The second kappa shape index (κ2) is 4.99. The van der Waals surface area contributed by atoms with E-state index in [-0.39, 0.29) is 22.9 Å². The highest BCUT2D eigenvalue weighted by Crippen LogP contribution is 2.57. The lowest BCUT2D eigenvalue weighted by molar-refractivity contribution is -0.0535. The van der Waals surface area contributed by atoms with Crippen molar-refractivity contribution in [3.8, 4) is 5.75 Å². The first kappa shape index (κ1) is 15.9. The van der Waals surface area contributed by atoms with Crippen molar-refractivity contribution in [2.45, 2.75) is 77.7 Å². The summed E-state index contributed by atoms with van der Waals surface area (Å²) in [6.45, 7) is 11.1. The Morgan fingerprint density at radius 3 is 2.45 bits per heavy atom. The fourth-order valence-corrected chi connectivity index (χ4v) is 5.49. The maximum absolute atomic E-state index is 10.9. The van der Waals surface area contributed by atoms with Crippen molar-refractivity contribution in [1.82, 2.24) is 0 Å². The van der Waals surface area contributed by atoms with E-state index in [2.05, 4.69) is 40.7 Å². The van der Waals surface area contributed by atoms with Crippen molar-refractivity contribution in [3.05, 3.63) is 28.8 Å². The number of phenols is 1. The molecule has 1 fully saturated rings. The van der Waals surface area contributed by atoms with Crippen molar-refractivity contribution < 1.29 is 10.2 Å². The van der Waals surface area contributed by atoms with Gasteiger partial charge < -0.3 is 10.2 Å². The zero-order valence-electron chi connectivity index (χ0n) is 14.6. The Hall–Kier alpha value is -1.02. The van der Waals surface area contributed by atoms with Gasteiger partial charge in [0.1, 0.15) is 5.75 Å². The van der Waals surface area contributed by atoms with Crippen LogP contribution in [-0.4, -0.2) is 16.3 Å². The van der Waals surface area contributed by atoms with E-state index in [0.29, 0.717) is 11.7 Å². The molecule has 1 aromatic carbocycles. The number of hydrogen-bond donors (Lipinski definition) is 2. The number of aliphatic hydroxyl groups is 1. The van der Waals surface area contributed by atoms with E-state index in [1.165, 1.54) is 24.0 Å². The third-order valence-corrected chi connectivity index (χ3v) is 6.35. The largest absolute Gasteiger partial charge is 0.508 e. The minimum atomic E-state index is -0.280. The summed E-state index contributed by atoms with van der Waals surface area (Å²) in [6, 6.07) is 4.15. The monoisotopic (exact) mass is 302 g/mol. The maximum atomic E-state index is 10.9. The van der Waals surface area contributed by atoms with E-state index < -0.39 is 0 Å². The van der Waals surface area contributed by atoms with Crippen LogP contribution < -0.4 is 0 Å². The Labute approximate surface area is 134 Å². The fraction of sp³-hybridized carbons (Fsp3) is 0.700. The Bertz CT molecular complexity index is 588. The van der Waals surface area contributed by atoms with Crippen LogP contribution in [0.25, 0.3) is 0 Å². The van der Waals surface area contributed by atoms with Gasteiger partial charge in [-0.3, -0.25) is 0 Å². The second-order valence-corrected chi connectivity index (χ2v) is 8.73. The first-order chi connectivity index (χ1) is 10.2. The molecule has 0 bridgehead atoms. The molecule has 22 heavy (non-hydrogen) atoms. The van der Waals surface area contributed by atoms with Gasteiger partial charge in [-0.15, -0.1) is 0 Å². The van der Waals surface area contributed by atoms with Crippen LogP contribution >= 0.6 is 0 Å². The van der Waals surface area contributed by atoms with Gasteiger partial charge in [-0.05, 0) is 64.7 Å². The zero-order chi connectivity index (χ0) is 16.3. The molecule has 0 amide bonds. The number of rotatable bonds is 1. The molecule has 2 aliphatic carbocycles. The molecular weight excluding hydrogens is 272 g/mol. The molecule has 2 heteroatoms. The van der Waals surface area contributed by atoms with Gasteiger partial charge in [0.25, 0.3) is 0 Å². The molecule has 0 unspecified atom stereocenters. The Balaban J connectivity index is 2.17. The summed E-state index contributed by atoms with van der Waals surface area (Å²) in [5.41, 5.74) is 3.64. The third kappa shape index (κ3) is 2.19. The van der Waals surface area contributed by atoms with Crippen LogP contribution in [0, 0.1) is 11.3 Å². The predicted molar refractivity (Wildman–Crippen MR) is 90.4 cm³/mol. The molecule has 2 aliphatic rings. The molecule has 1 saturated carbocycles. The molecule has 3 rings (SSSR count). The molecule has 0 radical (unpaired) electrons. The molecule has 122 valence electrons. The normalized spacial score (nSPS) is 33.4. The smallest absolute Gasteiger partial charge is 0.119 e. The van der Waals surface area contributed by atoms with Gasteiger partial charge in [0.05, 0.1) is 6.10 Å². The Kier molecular flexibility index (Phi) is 3.60. The van der Waals surface area contributed by atoms with E-state index in [1.54, 1.807) is 0 Å². The van der Waals surface area contributed by atoms with Gasteiger partial charge in [0, 0.05) is 0 Å². The average Bonchev–Trinajstić information content (AvgIpc) is 2.37. The average molecular weight is 302 g/mol. The van der Waals surface area contributed by atoms with Crippen LogP contribution in [0.3, 0.4) is 0 Å². The molecule has 0 heterocycles. The number of fused-ring (bicyclic) bond motifs is 3.